The van der Waals surface area contributed by atoms with E-state index in [1.807, 2.05) is 6.92 Å². The predicted octanol–water partition coefficient (Wildman–Crippen LogP) is 2.85. The van der Waals surface area contributed by atoms with Crippen LogP contribution in [0.2, 0.25) is 0 Å². The van der Waals surface area contributed by atoms with E-state index in [1.165, 1.54) is 23.8 Å². The molecule has 1 amide bonds. The van der Waals surface area contributed by atoms with Gasteiger partial charge in [0.1, 0.15) is 12.4 Å². The zero-order valence-corrected chi connectivity index (χ0v) is 18.0. The number of fused-ring (bicyclic) bond motifs is 1. The molecule has 0 aliphatic heterocycles. The molecule has 3 rings (SSSR count). The summed E-state index contributed by atoms with van der Waals surface area (Å²) in [6.45, 7) is 2.25. The summed E-state index contributed by atoms with van der Waals surface area (Å²) in [5.74, 6) is -1.13. The molecule has 0 aliphatic carbocycles. The topological polar surface area (TPSA) is 81.5 Å². The van der Waals surface area contributed by atoms with E-state index in [4.69, 9.17) is 4.74 Å². The Morgan fingerprint density at radius 3 is 2.68 bits per heavy atom. The molecule has 3 aromatic rings. The highest BCUT2D eigenvalue weighted by Gasteiger charge is 2.18. The molecular weight excluding hydrogens is 421 g/mol. The highest BCUT2D eigenvalue weighted by molar-refractivity contribution is 7.99. The van der Waals surface area contributed by atoms with Gasteiger partial charge in [0.15, 0.2) is 5.16 Å². The first-order valence-electron chi connectivity index (χ1n) is 9.64. The summed E-state index contributed by atoms with van der Waals surface area (Å²) >= 11 is 1.07. The molecule has 0 saturated heterocycles. The van der Waals surface area contributed by atoms with Crippen molar-refractivity contribution in [2.24, 2.45) is 0 Å². The number of carbonyl (C=O) groups excluding carboxylic acids is 2. The Balaban J connectivity index is 1.82. The summed E-state index contributed by atoms with van der Waals surface area (Å²) in [7, 11) is 1.24. The number of hydrogen-bond acceptors (Lipinski definition) is 6. The van der Waals surface area contributed by atoms with Gasteiger partial charge in [-0.25, -0.2) is 9.37 Å². The number of thioether (sulfide) groups is 1. The average Bonchev–Trinajstić information content (AvgIpc) is 2.77. The number of carbonyl (C=O) groups is 2. The maximum absolute atomic E-state index is 13.4. The second-order valence-electron chi connectivity index (χ2n) is 6.71. The second-order valence-corrected chi connectivity index (χ2v) is 7.65. The predicted molar refractivity (Wildman–Crippen MR) is 116 cm³/mol. The van der Waals surface area contributed by atoms with Crippen LogP contribution in [0.25, 0.3) is 10.9 Å². The van der Waals surface area contributed by atoms with Crippen LogP contribution in [0.15, 0.2) is 58.5 Å². The van der Waals surface area contributed by atoms with Crippen LogP contribution < -0.4 is 5.56 Å². The van der Waals surface area contributed by atoms with Gasteiger partial charge in [-0.2, -0.15) is 0 Å². The lowest BCUT2D eigenvalue weighted by molar-refractivity contribution is -0.141. The zero-order chi connectivity index (χ0) is 22.4. The van der Waals surface area contributed by atoms with Gasteiger partial charge in [-0.1, -0.05) is 36.0 Å². The molecule has 1 heterocycles. The van der Waals surface area contributed by atoms with Crippen molar-refractivity contribution < 1.29 is 18.7 Å². The number of hydrogen-bond donors (Lipinski definition) is 0. The summed E-state index contributed by atoms with van der Waals surface area (Å²) in [4.78, 5) is 43.5. The second kappa shape index (κ2) is 10.2. The molecule has 0 fully saturated rings. The van der Waals surface area contributed by atoms with E-state index in [1.54, 1.807) is 41.3 Å². The van der Waals surface area contributed by atoms with Gasteiger partial charge in [-0.3, -0.25) is 19.0 Å². The van der Waals surface area contributed by atoms with Crippen molar-refractivity contribution in [2.45, 2.75) is 25.2 Å². The van der Waals surface area contributed by atoms with Gasteiger partial charge in [-0.15, -0.1) is 0 Å². The molecule has 0 atom stereocenters. The Bertz CT molecular complexity index is 1160. The smallest absolute Gasteiger partial charge is 0.325 e. The number of para-hydroxylation sites is 1. The lowest BCUT2D eigenvalue weighted by Gasteiger charge is -2.21. The Morgan fingerprint density at radius 2 is 1.97 bits per heavy atom. The van der Waals surface area contributed by atoms with Crippen LogP contribution >= 0.6 is 11.8 Å². The molecule has 9 heteroatoms. The molecule has 7 nitrogen and oxygen atoms in total. The van der Waals surface area contributed by atoms with E-state index >= 15 is 0 Å². The minimum Gasteiger partial charge on any atom is -0.468 e. The molecule has 0 unspecified atom stereocenters. The number of ether oxygens (including phenoxy) is 1. The van der Waals surface area contributed by atoms with E-state index in [0.29, 0.717) is 23.0 Å². The molecule has 0 N–H and O–H groups in total. The number of methoxy groups -OCH3 is 1. The first-order chi connectivity index (χ1) is 14.9. The number of halogens is 1. The largest absolute Gasteiger partial charge is 0.468 e. The summed E-state index contributed by atoms with van der Waals surface area (Å²) in [6, 6.07) is 12.9. The molecule has 0 bridgehead atoms. The van der Waals surface area contributed by atoms with Crippen molar-refractivity contribution in [3.05, 3.63) is 70.3 Å². The third kappa shape index (κ3) is 5.49. The molecule has 0 saturated carbocycles. The lowest BCUT2D eigenvalue weighted by atomic mass is 10.2. The minimum atomic E-state index is -0.589. The van der Waals surface area contributed by atoms with Crippen LogP contribution in [-0.2, 0) is 27.4 Å². The number of amides is 1. The maximum Gasteiger partial charge on any atom is 0.325 e. The summed E-state index contributed by atoms with van der Waals surface area (Å²) in [6.07, 6.45) is 0. The van der Waals surface area contributed by atoms with E-state index < -0.39 is 5.97 Å². The Hall–Kier alpha value is -3.20. The van der Waals surface area contributed by atoms with Crippen molar-refractivity contribution in [3.63, 3.8) is 0 Å². The van der Waals surface area contributed by atoms with Crippen molar-refractivity contribution in [1.29, 1.82) is 0 Å². The van der Waals surface area contributed by atoms with Crippen LogP contribution in [0.3, 0.4) is 0 Å². The van der Waals surface area contributed by atoms with E-state index in [-0.39, 0.29) is 41.3 Å². The molecule has 0 spiro atoms. The highest BCUT2D eigenvalue weighted by Crippen LogP contribution is 2.19. The average molecular weight is 444 g/mol. The van der Waals surface area contributed by atoms with Crippen LogP contribution in [-0.4, -0.2) is 45.7 Å². The van der Waals surface area contributed by atoms with E-state index in [2.05, 4.69) is 4.98 Å². The number of rotatable bonds is 8. The van der Waals surface area contributed by atoms with Crippen LogP contribution in [0.4, 0.5) is 4.39 Å². The SMILES string of the molecule is CCN(Cc1cccc(F)c1)C(=O)CSc1nc2ccccc2c(=O)n1CC(=O)OC. The van der Waals surface area contributed by atoms with Crippen molar-refractivity contribution in [2.75, 3.05) is 19.4 Å². The van der Waals surface area contributed by atoms with E-state index in [0.717, 1.165) is 11.8 Å². The van der Waals surface area contributed by atoms with Crippen LogP contribution in [0.1, 0.15) is 12.5 Å². The third-order valence-electron chi connectivity index (χ3n) is 4.66. The van der Waals surface area contributed by atoms with Crippen molar-refractivity contribution in [1.82, 2.24) is 14.5 Å². The molecule has 31 heavy (non-hydrogen) atoms. The lowest BCUT2D eigenvalue weighted by Crippen LogP contribution is -2.32. The number of esters is 1. The molecule has 2 aromatic carbocycles. The van der Waals surface area contributed by atoms with Crippen LogP contribution in [0.5, 0.6) is 0 Å². The Labute approximate surface area is 182 Å². The molecular formula is C22H22FN3O4S. The fourth-order valence-corrected chi connectivity index (χ4v) is 3.94. The minimum absolute atomic E-state index is 0.00904. The van der Waals surface area contributed by atoms with Crippen LogP contribution in [0, 0.1) is 5.82 Å². The van der Waals surface area contributed by atoms with Crippen molar-refractivity contribution in [3.8, 4) is 0 Å². The Kier molecular flexibility index (Phi) is 7.41. The van der Waals surface area contributed by atoms with Gasteiger partial charge in [0.05, 0.1) is 23.8 Å². The van der Waals surface area contributed by atoms with Gasteiger partial charge in [0.25, 0.3) is 5.56 Å². The first kappa shape index (κ1) is 22.5. The quantitative estimate of drug-likeness (QED) is 0.303. The summed E-state index contributed by atoms with van der Waals surface area (Å²) < 4.78 is 19.4. The zero-order valence-electron chi connectivity index (χ0n) is 17.2. The summed E-state index contributed by atoms with van der Waals surface area (Å²) in [5.41, 5.74) is 0.792. The van der Waals surface area contributed by atoms with Gasteiger partial charge >= 0.3 is 5.97 Å². The fraction of sp³-hybridized carbons (Fsp3) is 0.273. The van der Waals surface area contributed by atoms with Gasteiger partial charge < -0.3 is 9.64 Å². The van der Waals surface area contributed by atoms with Gasteiger partial charge in [0, 0.05) is 13.1 Å². The standard InChI is InChI=1S/C22H22FN3O4S/c1-3-25(12-15-7-6-8-16(23)11-15)19(27)14-31-22-24-18-10-5-4-9-17(18)21(29)26(22)13-20(28)30-2/h4-11H,3,12-14H2,1-2H3. The number of nitrogens with zero attached hydrogens (tertiary/aromatic N) is 3. The van der Waals surface area contributed by atoms with Gasteiger partial charge in [-0.05, 0) is 36.8 Å². The number of benzene rings is 2. The molecule has 1 aromatic heterocycles. The number of aromatic nitrogens is 2. The normalized spacial score (nSPS) is 10.8. The third-order valence-corrected chi connectivity index (χ3v) is 5.62. The molecule has 0 aliphatic rings. The monoisotopic (exact) mass is 443 g/mol. The van der Waals surface area contributed by atoms with E-state index in [9.17, 15) is 18.8 Å². The molecule has 162 valence electrons. The van der Waals surface area contributed by atoms with Crippen molar-refractivity contribution >= 4 is 34.5 Å². The first-order valence-corrected chi connectivity index (χ1v) is 10.6. The molecule has 0 radical (unpaired) electrons. The fourth-order valence-electron chi connectivity index (χ4n) is 3.04. The highest BCUT2D eigenvalue weighted by atomic mass is 32.2. The Morgan fingerprint density at radius 1 is 1.19 bits per heavy atom. The maximum atomic E-state index is 13.4. The summed E-state index contributed by atoms with van der Waals surface area (Å²) in [5, 5.41) is 0.632. The van der Waals surface area contributed by atoms with Gasteiger partial charge in [0.2, 0.25) is 5.91 Å².